The maximum Gasteiger partial charge on any atom is 0.416 e. The summed E-state index contributed by atoms with van der Waals surface area (Å²) in [5, 5.41) is 6.58. The number of fused-ring (bicyclic) bond motifs is 1. The fraction of sp³-hybridized carbons (Fsp3) is 0.600. The number of ether oxygens (including phenoxy) is 3. The average molecular weight is 460 g/mol. The second-order valence-corrected chi connectivity index (χ2v) is 8.59. The van der Waals surface area contributed by atoms with Gasteiger partial charge >= 0.3 is 12.3 Å². The van der Waals surface area contributed by atoms with E-state index in [0.29, 0.717) is 0 Å². The Morgan fingerprint density at radius 1 is 1.19 bits per heavy atom. The first-order valence-electron chi connectivity index (χ1n) is 9.70. The number of carbonyl (C=O) groups excluding carboxylic acids is 2. The number of halogens is 3. The molecule has 2 rings (SSSR count). The number of nitrogens with one attached hydrogen (secondary N) is 1. The topological polar surface area (TPSA) is 104 Å². The summed E-state index contributed by atoms with van der Waals surface area (Å²) in [6.07, 6.45) is -2.73. The van der Waals surface area contributed by atoms with Crippen LogP contribution >= 0.6 is 0 Å². The van der Waals surface area contributed by atoms with Gasteiger partial charge in [0.2, 0.25) is 0 Å². The highest BCUT2D eigenvalue weighted by molar-refractivity contribution is 5.97. The summed E-state index contributed by atoms with van der Waals surface area (Å²) in [5.74, 6) is -0.314. The summed E-state index contributed by atoms with van der Waals surface area (Å²) < 4.78 is 56.1. The fourth-order valence-electron chi connectivity index (χ4n) is 2.45. The summed E-state index contributed by atoms with van der Waals surface area (Å²) in [4.78, 5) is 28.6. The van der Waals surface area contributed by atoms with E-state index in [1.54, 1.807) is 20.8 Å². The minimum Gasteiger partial charge on any atom is -0.444 e. The van der Waals surface area contributed by atoms with Crippen LogP contribution in [0.5, 0.6) is 0 Å². The molecule has 32 heavy (non-hydrogen) atoms. The van der Waals surface area contributed by atoms with E-state index in [-0.39, 0.29) is 29.3 Å². The Morgan fingerprint density at radius 2 is 1.84 bits per heavy atom. The van der Waals surface area contributed by atoms with Gasteiger partial charge in [0.05, 0.1) is 30.7 Å². The molecular formula is C20H27F3N4O5. The quantitative estimate of drug-likeness (QED) is 0.602. The van der Waals surface area contributed by atoms with Gasteiger partial charge in [-0.2, -0.15) is 18.3 Å². The van der Waals surface area contributed by atoms with Gasteiger partial charge in [-0.25, -0.2) is 14.3 Å². The molecule has 12 heteroatoms. The second kappa shape index (κ2) is 9.41. The molecule has 0 aromatic carbocycles. The fourth-order valence-corrected chi connectivity index (χ4v) is 2.45. The smallest absolute Gasteiger partial charge is 0.416 e. The minimum atomic E-state index is -4.62. The lowest BCUT2D eigenvalue weighted by atomic mass is 10.1. The van der Waals surface area contributed by atoms with E-state index in [4.69, 9.17) is 14.2 Å². The molecule has 0 bridgehead atoms. The van der Waals surface area contributed by atoms with Crippen molar-refractivity contribution in [3.63, 3.8) is 0 Å². The minimum absolute atomic E-state index is 0.144. The normalized spacial score (nSPS) is 13.8. The van der Waals surface area contributed by atoms with Crippen LogP contribution < -0.4 is 5.32 Å². The Balaban J connectivity index is 2.33. The van der Waals surface area contributed by atoms with Gasteiger partial charge in [0.25, 0.3) is 0 Å². The predicted octanol–water partition coefficient (Wildman–Crippen LogP) is 3.48. The standard InChI is InChI=1S/C20H27F3N4O5/c1-18(2,3)32-17(29)26-14(10-31-19(4,5)20(21,22)23)13-9-27-16(25-13)7-12(8-24-27)15(28)11-30-6/h7-9,14H,10-11H2,1-6H3,(H,26,29)/t14-/m0/s1. The van der Waals surface area contributed by atoms with Crippen molar-refractivity contribution in [2.45, 2.75) is 58.0 Å². The maximum absolute atomic E-state index is 13.2. The average Bonchev–Trinajstić information content (AvgIpc) is 3.06. The van der Waals surface area contributed by atoms with Gasteiger partial charge in [-0.15, -0.1) is 0 Å². The number of carbonyl (C=O) groups is 2. The Hall–Kier alpha value is -2.73. The molecule has 0 spiro atoms. The lowest BCUT2D eigenvalue weighted by molar-refractivity contribution is -0.265. The van der Waals surface area contributed by atoms with Gasteiger partial charge in [0, 0.05) is 12.7 Å². The van der Waals surface area contributed by atoms with E-state index < -0.39 is 36.1 Å². The van der Waals surface area contributed by atoms with Gasteiger partial charge in [-0.05, 0) is 40.7 Å². The molecule has 0 saturated heterocycles. The van der Waals surface area contributed by atoms with Crippen molar-refractivity contribution in [1.82, 2.24) is 19.9 Å². The third-order valence-corrected chi connectivity index (χ3v) is 4.28. The monoisotopic (exact) mass is 460 g/mol. The Labute approximate surface area is 183 Å². The number of rotatable bonds is 8. The number of Topliss-reactive ketones (excluding diaryl/α,β-unsaturated/α-hetero) is 1. The van der Waals surface area contributed by atoms with Gasteiger partial charge in [0.1, 0.15) is 12.2 Å². The van der Waals surface area contributed by atoms with Gasteiger partial charge < -0.3 is 19.5 Å². The van der Waals surface area contributed by atoms with Crippen molar-refractivity contribution in [2.24, 2.45) is 0 Å². The number of alkyl halides is 3. The zero-order valence-corrected chi connectivity index (χ0v) is 18.7. The predicted molar refractivity (Wildman–Crippen MR) is 107 cm³/mol. The van der Waals surface area contributed by atoms with Gasteiger partial charge in [0.15, 0.2) is 17.0 Å². The third-order valence-electron chi connectivity index (χ3n) is 4.28. The van der Waals surface area contributed by atoms with Gasteiger partial charge in [-0.3, -0.25) is 4.79 Å². The van der Waals surface area contributed by atoms with Crippen LogP contribution in [0, 0.1) is 0 Å². The highest BCUT2D eigenvalue weighted by atomic mass is 19.4. The molecule has 9 nitrogen and oxygen atoms in total. The van der Waals surface area contributed by atoms with E-state index in [1.807, 2.05) is 0 Å². The maximum atomic E-state index is 13.2. The molecular weight excluding hydrogens is 433 g/mol. The summed E-state index contributed by atoms with van der Waals surface area (Å²) in [5.41, 5.74) is -2.59. The molecule has 0 aliphatic heterocycles. The number of nitrogens with zero attached hydrogens (tertiary/aromatic N) is 3. The van der Waals surface area contributed by atoms with Crippen LogP contribution in [0.3, 0.4) is 0 Å². The van der Waals surface area contributed by atoms with E-state index in [9.17, 15) is 22.8 Å². The van der Waals surface area contributed by atoms with Crippen LogP contribution in [-0.2, 0) is 14.2 Å². The SMILES string of the molecule is COCC(=O)c1cnn2cc([C@H](COC(C)(C)C(F)(F)F)NC(=O)OC(C)(C)C)nc2c1. The first-order valence-corrected chi connectivity index (χ1v) is 9.70. The molecule has 0 saturated carbocycles. The molecule has 2 aromatic heterocycles. The lowest BCUT2D eigenvalue weighted by Crippen LogP contribution is -2.44. The van der Waals surface area contributed by atoms with Crippen LogP contribution in [0.1, 0.15) is 56.7 Å². The molecule has 178 valence electrons. The number of hydrogen-bond acceptors (Lipinski definition) is 7. The van der Waals surface area contributed by atoms with Crippen LogP contribution in [0.25, 0.3) is 5.65 Å². The Kier molecular flexibility index (Phi) is 7.51. The number of aromatic nitrogens is 3. The van der Waals surface area contributed by atoms with Crippen molar-refractivity contribution in [2.75, 3.05) is 20.3 Å². The molecule has 1 amide bonds. The van der Waals surface area contributed by atoms with Crippen molar-refractivity contribution < 1.29 is 37.0 Å². The summed E-state index contributed by atoms with van der Waals surface area (Å²) in [6.45, 7) is 6.04. The van der Waals surface area contributed by atoms with Crippen molar-refractivity contribution >= 4 is 17.5 Å². The number of imidazole rings is 1. The summed E-state index contributed by atoms with van der Waals surface area (Å²) >= 11 is 0. The number of methoxy groups -OCH3 is 1. The van der Waals surface area contributed by atoms with Crippen LogP contribution in [0.4, 0.5) is 18.0 Å². The van der Waals surface area contributed by atoms with Crippen molar-refractivity contribution in [3.05, 3.63) is 29.7 Å². The lowest BCUT2D eigenvalue weighted by Gasteiger charge is -2.30. The molecule has 0 aliphatic carbocycles. The number of amides is 1. The molecule has 0 fully saturated rings. The first-order chi connectivity index (χ1) is 14.6. The van der Waals surface area contributed by atoms with E-state index in [2.05, 4.69) is 15.4 Å². The van der Waals surface area contributed by atoms with Crippen molar-refractivity contribution in [3.8, 4) is 0 Å². The van der Waals surface area contributed by atoms with Crippen LogP contribution in [0.15, 0.2) is 18.5 Å². The molecule has 2 aromatic rings. The molecule has 1 N–H and O–H groups in total. The van der Waals surface area contributed by atoms with Crippen molar-refractivity contribution in [1.29, 1.82) is 0 Å². The highest BCUT2D eigenvalue weighted by Gasteiger charge is 2.49. The zero-order chi connectivity index (χ0) is 24.3. The van der Waals surface area contributed by atoms with Crippen LogP contribution in [-0.4, -0.2) is 64.2 Å². The van der Waals surface area contributed by atoms with E-state index >= 15 is 0 Å². The van der Waals surface area contributed by atoms with E-state index in [1.165, 1.54) is 30.1 Å². The van der Waals surface area contributed by atoms with Gasteiger partial charge in [-0.1, -0.05) is 0 Å². The largest absolute Gasteiger partial charge is 0.444 e. The Bertz CT molecular complexity index is 966. The summed E-state index contributed by atoms with van der Waals surface area (Å²) in [6, 6.07) is 0.384. The zero-order valence-electron chi connectivity index (χ0n) is 18.7. The highest BCUT2D eigenvalue weighted by Crippen LogP contribution is 2.33. The Morgan fingerprint density at radius 3 is 2.41 bits per heavy atom. The van der Waals surface area contributed by atoms with E-state index in [0.717, 1.165) is 13.8 Å². The summed E-state index contributed by atoms with van der Waals surface area (Å²) in [7, 11) is 1.38. The first kappa shape index (κ1) is 25.5. The number of ketones is 1. The third kappa shape index (κ3) is 6.63. The van der Waals surface area contributed by atoms with Crippen LogP contribution in [0.2, 0.25) is 0 Å². The second-order valence-electron chi connectivity index (χ2n) is 8.59. The molecule has 1 atom stereocenters. The molecule has 0 aliphatic rings. The number of alkyl carbamates (subject to hydrolysis) is 1. The molecule has 0 unspecified atom stereocenters. The molecule has 2 heterocycles. The number of hydrogen-bond donors (Lipinski definition) is 1. The molecule has 0 radical (unpaired) electrons.